The maximum absolute atomic E-state index is 9.70. The largest absolute Gasteiger partial charge is 0.388 e. The number of aliphatic hydroxyl groups is 1. The van der Waals surface area contributed by atoms with Gasteiger partial charge in [-0.1, -0.05) is 48.0 Å². The molecule has 0 fully saturated rings. The minimum Gasteiger partial charge on any atom is -0.388 e. The Morgan fingerprint density at radius 1 is 1.54 bits per heavy atom. The number of allylic oxidation sites excluding steroid dienone is 2. The van der Waals surface area contributed by atoms with Gasteiger partial charge in [-0.15, -0.1) is 12.3 Å². The van der Waals surface area contributed by atoms with E-state index in [0.717, 1.165) is 0 Å². The average molecular weight is 243 g/mol. The first-order valence-electron chi connectivity index (χ1n) is 4.09. The number of hydrogen-bond donors (Lipinski definition) is 1. The van der Waals surface area contributed by atoms with Crippen LogP contribution in [0.15, 0.2) is 23.2 Å². The van der Waals surface area contributed by atoms with Crippen molar-refractivity contribution in [3.63, 3.8) is 0 Å². The molecule has 0 aromatic heterocycles. The molecule has 0 aliphatic heterocycles. The molecule has 0 aromatic carbocycles. The molecule has 1 atom stereocenters. The Bertz CT molecular complexity index is 233. The van der Waals surface area contributed by atoms with Crippen molar-refractivity contribution in [3.8, 4) is 12.3 Å². The van der Waals surface area contributed by atoms with Gasteiger partial charge in [-0.3, -0.25) is 0 Å². The molecule has 1 nitrogen and oxygen atoms in total. The van der Waals surface area contributed by atoms with Gasteiger partial charge in [0.05, 0.1) is 6.10 Å². The highest BCUT2D eigenvalue weighted by Gasteiger charge is 2.24. The summed E-state index contributed by atoms with van der Waals surface area (Å²) in [4.78, 5) is 1.73. The summed E-state index contributed by atoms with van der Waals surface area (Å²) in [7, 11) is 0. The zero-order valence-electron chi connectivity index (χ0n) is 8.00. The van der Waals surface area contributed by atoms with E-state index in [1.165, 1.54) is 0 Å². The Morgan fingerprint density at radius 3 is 2.62 bits per heavy atom. The zero-order valence-corrected chi connectivity index (χ0v) is 9.58. The van der Waals surface area contributed by atoms with Crippen molar-refractivity contribution in [3.05, 3.63) is 23.2 Å². The van der Waals surface area contributed by atoms with Gasteiger partial charge in [0.25, 0.3) is 0 Å². The van der Waals surface area contributed by atoms with Gasteiger partial charge in [0.2, 0.25) is 0 Å². The van der Waals surface area contributed by atoms with E-state index in [1.54, 1.807) is 23.2 Å². The lowest BCUT2D eigenvalue weighted by molar-refractivity contribution is 0.0947. The van der Waals surface area contributed by atoms with Crippen LogP contribution in [-0.2, 0) is 0 Å². The molecule has 2 heteroatoms. The Kier molecular flexibility index (Phi) is 5.77. The molecule has 0 aliphatic rings. The first-order valence-corrected chi connectivity index (χ1v) is 5.01. The van der Waals surface area contributed by atoms with E-state index in [2.05, 4.69) is 21.9 Å². The molecule has 0 bridgehead atoms. The lowest BCUT2D eigenvalue weighted by atomic mass is 9.83. The van der Waals surface area contributed by atoms with Crippen LogP contribution >= 0.6 is 15.9 Å². The molecule has 0 unspecified atom stereocenters. The standard InChI is InChI=1S/C11H15BrO/c1-4-8-11(2,3)10(13)7-5-6-9-12/h1,5-7,9-10,13H,8H2,2-3H3/b7-5+,9-6+/t10-/m0/s1. The van der Waals surface area contributed by atoms with Gasteiger partial charge in [-0.05, 0) is 4.99 Å². The van der Waals surface area contributed by atoms with Crippen LogP contribution in [0.3, 0.4) is 0 Å². The molecule has 0 radical (unpaired) electrons. The summed E-state index contributed by atoms with van der Waals surface area (Å²) in [5, 5.41) is 9.70. The molecular formula is C11H15BrO. The van der Waals surface area contributed by atoms with Crippen LogP contribution in [0.1, 0.15) is 20.3 Å². The van der Waals surface area contributed by atoms with Gasteiger partial charge < -0.3 is 5.11 Å². The summed E-state index contributed by atoms with van der Waals surface area (Å²) in [6, 6.07) is 0. The highest BCUT2D eigenvalue weighted by Crippen LogP contribution is 2.25. The molecule has 1 N–H and O–H groups in total. The molecule has 0 aliphatic carbocycles. The molecule has 72 valence electrons. The summed E-state index contributed by atoms with van der Waals surface area (Å²) in [6.45, 7) is 3.89. The summed E-state index contributed by atoms with van der Waals surface area (Å²) in [5.74, 6) is 2.56. The third-order valence-electron chi connectivity index (χ3n) is 1.84. The second-order valence-corrected chi connectivity index (χ2v) is 4.05. The molecule has 0 heterocycles. The minimum absolute atomic E-state index is 0.259. The van der Waals surface area contributed by atoms with Crippen molar-refractivity contribution in [1.29, 1.82) is 0 Å². The van der Waals surface area contributed by atoms with Crippen LogP contribution in [0.25, 0.3) is 0 Å². The fourth-order valence-corrected chi connectivity index (χ4v) is 1.02. The lowest BCUT2D eigenvalue weighted by Crippen LogP contribution is -2.26. The topological polar surface area (TPSA) is 20.2 Å². The van der Waals surface area contributed by atoms with Crippen LogP contribution in [-0.4, -0.2) is 11.2 Å². The maximum atomic E-state index is 9.70. The summed E-state index contributed by atoms with van der Waals surface area (Å²) < 4.78 is 0. The second kappa shape index (κ2) is 6.01. The number of hydrogen-bond acceptors (Lipinski definition) is 1. The summed E-state index contributed by atoms with van der Waals surface area (Å²) >= 11 is 3.13. The van der Waals surface area contributed by atoms with Crippen molar-refractivity contribution < 1.29 is 5.11 Å². The molecule has 0 amide bonds. The first kappa shape index (κ1) is 12.5. The molecular weight excluding hydrogens is 228 g/mol. The Labute approximate surface area is 88.7 Å². The number of aliphatic hydroxyl groups excluding tert-OH is 1. The number of halogens is 1. The van der Waals surface area contributed by atoms with Gasteiger partial charge in [-0.2, -0.15) is 0 Å². The average Bonchev–Trinajstić information content (AvgIpc) is 2.04. The third-order valence-corrected chi connectivity index (χ3v) is 2.14. The monoisotopic (exact) mass is 242 g/mol. The zero-order chi connectivity index (χ0) is 10.3. The van der Waals surface area contributed by atoms with Gasteiger partial charge in [0.15, 0.2) is 0 Å². The van der Waals surface area contributed by atoms with Crippen molar-refractivity contribution in [1.82, 2.24) is 0 Å². The molecule has 0 rings (SSSR count). The van der Waals surface area contributed by atoms with Crippen molar-refractivity contribution in [2.45, 2.75) is 26.4 Å². The second-order valence-electron chi connectivity index (χ2n) is 3.52. The van der Waals surface area contributed by atoms with E-state index in [9.17, 15) is 5.11 Å². The molecule has 0 saturated carbocycles. The molecule has 0 saturated heterocycles. The van der Waals surface area contributed by atoms with Crippen LogP contribution in [0.5, 0.6) is 0 Å². The van der Waals surface area contributed by atoms with E-state index in [-0.39, 0.29) is 5.41 Å². The summed E-state index contributed by atoms with van der Waals surface area (Å²) in [5.41, 5.74) is -0.259. The van der Waals surface area contributed by atoms with Gasteiger partial charge in [0.1, 0.15) is 0 Å². The molecule has 0 spiro atoms. The minimum atomic E-state index is -0.507. The van der Waals surface area contributed by atoms with E-state index in [4.69, 9.17) is 6.42 Å². The van der Waals surface area contributed by atoms with E-state index in [1.807, 2.05) is 13.8 Å². The van der Waals surface area contributed by atoms with Crippen LogP contribution in [0, 0.1) is 17.8 Å². The van der Waals surface area contributed by atoms with Gasteiger partial charge >= 0.3 is 0 Å². The lowest BCUT2D eigenvalue weighted by Gasteiger charge is -2.25. The summed E-state index contributed by atoms with van der Waals surface area (Å²) in [6.07, 6.45) is 10.6. The van der Waals surface area contributed by atoms with Crippen molar-refractivity contribution in [2.24, 2.45) is 5.41 Å². The SMILES string of the molecule is C#CCC(C)(C)[C@@H](O)/C=C/C=C/Br. The molecule has 13 heavy (non-hydrogen) atoms. The highest BCUT2D eigenvalue weighted by molar-refractivity contribution is 9.11. The quantitative estimate of drug-likeness (QED) is 0.594. The van der Waals surface area contributed by atoms with Crippen molar-refractivity contribution in [2.75, 3.05) is 0 Å². The normalized spacial score (nSPS) is 15.0. The smallest absolute Gasteiger partial charge is 0.0783 e. The highest BCUT2D eigenvalue weighted by atomic mass is 79.9. The number of rotatable bonds is 4. The maximum Gasteiger partial charge on any atom is 0.0783 e. The molecule has 0 aromatic rings. The Hall–Kier alpha value is -0.520. The third kappa shape index (κ3) is 4.92. The Morgan fingerprint density at radius 2 is 2.15 bits per heavy atom. The van der Waals surface area contributed by atoms with E-state index < -0.39 is 6.10 Å². The fourth-order valence-electron chi connectivity index (χ4n) is 0.840. The van der Waals surface area contributed by atoms with Crippen LogP contribution in [0.4, 0.5) is 0 Å². The predicted octanol–water partition coefficient (Wildman–Crippen LogP) is 2.86. The van der Waals surface area contributed by atoms with Crippen LogP contribution in [0.2, 0.25) is 0 Å². The fraction of sp³-hybridized carbons (Fsp3) is 0.455. The van der Waals surface area contributed by atoms with Gasteiger partial charge in [0, 0.05) is 11.8 Å². The number of terminal acetylenes is 1. The Balaban J connectivity index is 4.25. The van der Waals surface area contributed by atoms with Crippen LogP contribution < -0.4 is 0 Å². The van der Waals surface area contributed by atoms with Crippen molar-refractivity contribution >= 4 is 15.9 Å². The predicted molar refractivity (Wildman–Crippen MR) is 60.4 cm³/mol. The van der Waals surface area contributed by atoms with E-state index in [0.29, 0.717) is 6.42 Å². The van der Waals surface area contributed by atoms with Gasteiger partial charge in [-0.25, -0.2) is 0 Å². The van der Waals surface area contributed by atoms with E-state index >= 15 is 0 Å². The first-order chi connectivity index (χ1) is 6.04.